The molecule has 0 spiro atoms. The van der Waals surface area contributed by atoms with E-state index < -0.39 is 23.7 Å². The molecule has 0 unspecified atom stereocenters. The van der Waals surface area contributed by atoms with Crippen molar-refractivity contribution in [2.45, 2.75) is 33.1 Å². The van der Waals surface area contributed by atoms with Gasteiger partial charge in [0.05, 0.1) is 13.7 Å². The number of methoxy groups -OCH3 is 1. The summed E-state index contributed by atoms with van der Waals surface area (Å²) in [5.41, 5.74) is 0.568. The number of rotatable bonds is 8. The molecule has 8 heteroatoms. The van der Waals surface area contributed by atoms with Gasteiger partial charge in [0.25, 0.3) is 0 Å². The third kappa shape index (κ3) is 9.20. The van der Waals surface area contributed by atoms with Gasteiger partial charge in [-0.25, -0.2) is 9.18 Å². The SMILES string of the molecule is CCCC(=O)OC(=O)c1ccccc1OC.CCOC(=O)CC(=O)c1ccc(F)cc1. The number of hydrogen-bond donors (Lipinski definition) is 0. The van der Waals surface area contributed by atoms with Crippen LogP contribution in [-0.4, -0.2) is 37.4 Å². The molecule has 0 N–H and O–H groups in total. The van der Waals surface area contributed by atoms with Crippen LogP contribution in [0.15, 0.2) is 48.5 Å². The van der Waals surface area contributed by atoms with Crippen LogP contribution >= 0.6 is 0 Å². The third-order valence-corrected chi connectivity index (χ3v) is 3.76. The Morgan fingerprint density at radius 3 is 2.13 bits per heavy atom. The van der Waals surface area contributed by atoms with E-state index in [4.69, 9.17) is 4.74 Å². The second kappa shape index (κ2) is 13.6. The highest BCUT2D eigenvalue weighted by Gasteiger charge is 2.16. The number of ketones is 1. The summed E-state index contributed by atoms with van der Waals surface area (Å²) in [4.78, 5) is 45.1. The molecule has 7 nitrogen and oxygen atoms in total. The van der Waals surface area contributed by atoms with Crippen LogP contribution < -0.4 is 4.74 Å². The summed E-state index contributed by atoms with van der Waals surface area (Å²) >= 11 is 0. The number of esters is 3. The molecule has 2 rings (SSSR count). The van der Waals surface area contributed by atoms with Gasteiger partial charge in [0, 0.05) is 12.0 Å². The Morgan fingerprint density at radius 1 is 0.903 bits per heavy atom. The molecule has 166 valence electrons. The molecule has 0 saturated carbocycles. The fraction of sp³-hybridized carbons (Fsp3) is 0.304. The number of carbonyl (C=O) groups excluding carboxylic acids is 4. The molecule has 0 bridgehead atoms. The van der Waals surface area contributed by atoms with Crippen molar-refractivity contribution >= 4 is 23.7 Å². The van der Waals surface area contributed by atoms with Crippen LogP contribution in [-0.2, 0) is 19.1 Å². The Hall–Kier alpha value is -3.55. The molecular formula is C23H25FO7. The van der Waals surface area contributed by atoms with Gasteiger partial charge in [-0.15, -0.1) is 0 Å². The predicted molar refractivity (Wildman–Crippen MR) is 110 cm³/mol. The van der Waals surface area contributed by atoms with Gasteiger partial charge < -0.3 is 14.2 Å². The lowest BCUT2D eigenvalue weighted by Crippen LogP contribution is -2.12. The lowest BCUT2D eigenvalue weighted by molar-refractivity contribution is -0.142. The van der Waals surface area contributed by atoms with Gasteiger partial charge in [0.2, 0.25) is 0 Å². The van der Waals surface area contributed by atoms with Crippen LogP contribution in [0.4, 0.5) is 4.39 Å². The number of halogens is 1. The number of ether oxygens (including phenoxy) is 3. The first kappa shape index (κ1) is 25.5. The van der Waals surface area contributed by atoms with Gasteiger partial charge in [-0.3, -0.25) is 14.4 Å². The van der Waals surface area contributed by atoms with Gasteiger partial charge in [-0.1, -0.05) is 19.1 Å². The van der Waals surface area contributed by atoms with Gasteiger partial charge in [-0.2, -0.15) is 0 Å². The van der Waals surface area contributed by atoms with Crippen LogP contribution in [0.2, 0.25) is 0 Å². The molecule has 0 aliphatic heterocycles. The van der Waals surface area contributed by atoms with Crippen LogP contribution in [0.5, 0.6) is 5.75 Å². The zero-order valence-corrected chi connectivity index (χ0v) is 17.7. The van der Waals surface area contributed by atoms with Gasteiger partial charge in [0.15, 0.2) is 5.78 Å². The zero-order chi connectivity index (χ0) is 23.2. The van der Waals surface area contributed by atoms with Crippen molar-refractivity contribution in [3.63, 3.8) is 0 Å². The summed E-state index contributed by atoms with van der Waals surface area (Å²) in [6, 6.07) is 11.7. The molecular weight excluding hydrogens is 407 g/mol. The largest absolute Gasteiger partial charge is 0.496 e. The summed E-state index contributed by atoms with van der Waals surface area (Å²) in [6.45, 7) is 3.75. The first-order valence-corrected chi connectivity index (χ1v) is 9.64. The number of para-hydroxylation sites is 1. The summed E-state index contributed by atoms with van der Waals surface area (Å²) in [5, 5.41) is 0. The molecule has 31 heavy (non-hydrogen) atoms. The van der Waals surface area contributed by atoms with Crippen LogP contribution in [0.25, 0.3) is 0 Å². The number of Topliss-reactive ketones (excluding diaryl/α,β-unsaturated/α-hetero) is 1. The van der Waals surface area contributed by atoms with Gasteiger partial charge in [-0.05, 0) is 49.7 Å². The molecule has 0 saturated heterocycles. The van der Waals surface area contributed by atoms with E-state index in [0.29, 0.717) is 17.7 Å². The third-order valence-electron chi connectivity index (χ3n) is 3.76. The van der Waals surface area contributed by atoms with Crippen molar-refractivity contribution in [3.05, 3.63) is 65.5 Å². The van der Waals surface area contributed by atoms with E-state index in [2.05, 4.69) is 9.47 Å². The fourth-order valence-corrected chi connectivity index (χ4v) is 2.31. The number of carbonyl (C=O) groups is 4. The quantitative estimate of drug-likeness (QED) is 0.351. The van der Waals surface area contributed by atoms with Crippen molar-refractivity contribution < 1.29 is 37.8 Å². The maximum absolute atomic E-state index is 12.5. The molecule has 2 aromatic carbocycles. The lowest BCUT2D eigenvalue weighted by Gasteiger charge is -2.06. The van der Waals surface area contributed by atoms with E-state index in [1.54, 1.807) is 31.2 Å². The van der Waals surface area contributed by atoms with E-state index in [1.165, 1.54) is 31.4 Å². The van der Waals surface area contributed by atoms with Crippen LogP contribution in [0.1, 0.15) is 53.8 Å². The minimum absolute atomic E-state index is 0.237. The first-order chi connectivity index (χ1) is 14.8. The molecule has 0 aliphatic carbocycles. The van der Waals surface area contributed by atoms with Gasteiger partial charge in [0.1, 0.15) is 23.6 Å². The second-order valence-electron chi connectivity index (χ2n) is 6.12. The zero-order valence-electron chi connectivity index (χ0n) is 17.7. The Morgan fingerprint density at radius 2 is 1.55 bits per heavy atom. The first-order valence-electron chi connectivity index (χ1n) is 9.64. The van der Waals surface area contributed by atoms with E-state index >= 15 is 0 Å². The van der Waals surface area contributed by atoms with Crippen molar-refractivity contribution in [1.82, 2.24) is 0 Å². The topological polar surface area (TPSA) is 96.0 Å². The molecule has 0 aromatic heterocycles. The summed E-state index contributed by atoms with van der Waals surface area (Å²) in [6.07, 6.45) is 0.582. The van der Waals surface area contributed by atoms with Crippen molar-refractivity contribution in [2.24, 2.45) is 0 Å². The normalized spacial score (nSPS) is 9.68. The van der Waals surface area contributed by atoms with Crippen molar-refractivity contribution in [3.8, 4) is 5.75 Å². The number of benzene rings is 2. The number of hydrogen-bond acceptors (Lipinski definition) is 7. The minimum Gasteiger partial charge on any atom is -0.496 e. The minimum atomic E-state index is -0.670. The Bertz CT molecular complexity index is 891. The maximum Gasteiger partial charge on any atom is 0.349 e. The standard InChI is InChI=1S/C12H14O4.C11H11FO3/c1-3-6-11(13)16-12(14)9-7-4-5-8-10(9)15-2;1-2-15-11(14)7-10(13)8-3-5-9(12)6-4-8/h4-5,7-8H,3,6H2,1-2H3;3-6H,2,7H2,1H3. The fourth-order valence-electron chi connectivity index (χ4n) is 2.31. The lowest BCUT2D eigenvalue weighted by atomic mass is 10.1. The summed E-state index contributed by atoms with van der Waals surface area (Å²) in [7, 11) is 1.46. The molecule has 0 aliphatic rings. The van der Waals surface area contributed by atoms with E-state index in [0.717, 1.165) is 0 Å². The average Bonchev–Trinajstić information content (AvgIpc) is 2.74. The van der Waals surface area contributed by atoms with Gasteiger partial charge >= 0.3 is 17.9 Å². The average molecular weight is 432 g/mol. The smallest absolute Gasteiger partial charge is 0.349 e. The van der Waals surface area contributed by atoms with Crippen LogP contribution in [0, 0.1) is 5.82 Å². The second-order valence-corrected chi connectivity index (χ2v) is 6.12. The molecule has 0 heterocycles. The highest BCUT2D eigenvalue weighted by molar-refractivity contribution is 6.05. The summed E-state index contributed by atoms with van der Waals surface area (Å²) in [5.74, 6) is -2.13. The Kier molecular flexibility index (Phi) is 11.2. The summed E-state index contributed by atoms with van der Waals surface area (Å²) < 4.78 is 26.8. The van der Waals surface area contributed by atoms with E-state index in [9.17, 15) is 23.6 Å². The Balaban J connectivity index is 0.000000311. The molecule has 0 fully saturated rings. The Labute approximate surface area is 180 Å². The monoisotopic (exact) mass is 432 g/mol. The molecule has 0 amide bonds. The molecule has 2 aromatic rings. The maximum atomic E-state index is 12.5. The van der Waals surface area contributed by atoms with E-state index in [-0.39, 0.29) is 30.8 Å². The predicted octanol–water partition coefficient (Wildman–Crippen LogP) is 4.14. The van der Waals surface area contributed by atoms with Crippen molar-refractivity contribution in [1.29, 1.82) is 0 Å². The van der Waals surface area contributed by atoms with Crippen LogP contribution in [0.3, 0.4) is 0 Å². The van der Waals surface area contributed by atoms with E-state index in [1.807, 2.05) is 6.92 Å². The highest BCUT2D eigenvalue weighted by atomic mass is 19.1. The molecule has 0 atom stereocenters. The highest BCUT2D eigenvalue weighted by Crippen LogP contribution is 2.18. The molecule has 0 radical (unpaired) electrons. The van der Waals surface area contributed by atoms with Crippen molar-refractivity contribution in [2.75, 3.05) is 13.7 Å².